The van der Waals surface area contributed by atoms with Crippen LogP contribution in [0.5, 0.6) is 0 Å². The molecule has 1 saturated heterocycles. The van der Waals surface area contributed by atoms with Gasteiger partial charge in [0.05, 0.1) is 0 Å². The van der Waals surface area contributed by atoms with Crippen LogP contribution in [0, 0.1) is 11.8 Å². The number of rotatable bonds is 1. The first kappa shape index (κ1) is 17.4. The van der Waals surface area contributed by atoms with Crippen LogP contribution >= 0.6 is 0 Å². The predicted molar refractivity (Wildman–Crippen MR) is 73.7 cm³/mol. The Kier molecular flexibility index (Phi) is 5.71. The van der Waals surface area contributed by atoms with E-state index in [0.29, 0.717) is 11.8 Å². The molecule has 0 aromatic carbocycles. The minimum atomic E-state index is -1.82. The second kappa shape index (κ2) is 6.89. The molecule has 7 nitrogen and oxygen atoms in total. The first-order valence-corrected chi connectivity index (χ1v) is 7.04. The van der Waals surface area contributed by atoms with E-state index in [1.807, 2.05) is 20.8 Å². The number of carboxylic acid groups (broad SMARTS) is 2. The van der Waals surface area contributed by atoms with Crippen molar-refractivity contribution in [1.82, 2.24) is 5.32 Å². The van der Waals surface area contributed by atoms with Gasteiger partial charge in [0.1, 0.15) is 11.6 Å². The average Bonchev–Trinajstić information content (AvgIpc) is 2.87. The van der Waals surface area contributed by atoms with Crippen molar-refractivity contribution in [2.24, 2.45) is 11.8 Å². The van der Waals surface area contributed by atoms with Gasteiger partial charge in [0, 0.05) is 0 Å². The molecule has 3 atom stereocenters. The molecule has 0 aromatic heterocycles. The third-order valence-corrected chi connectivity index (χ3v) is 3.59. The molecule has 1 heterocycles. The van der Waals surface area contributed by atoms with Crippen molar-refractivity contribution in [2.45, 2.75) is 51.7 Å². The number of aliphatic carboxylic acids is 2. The Bertz CT molecular complexity index is 402. The number of ether oxygens (including phenoxy) is 1. The van der Waals surface area contributed by atoms with E-state index in [2.05, 4.69) is 5.32 Å². The summed E-state index contributed by atoms with van der Waals surface area (Å²) in [4.78, 5) is 30.1. The molecule has 7 heteroatoms. The highest BCUT2D eigenvalue weighted by Crippen LogP contribution is 2.38. The second-order valence-electron chi connectivity index (χ2n) is 6.38. The van der Waals surface area contributed by atoms with E-state index >= 15 is 0 Å². The summed E-state index contributed by atoms with van der Waals surface area (Å²) in [6, 6.07) is -0.0447. The Balaban J connectivity index is 0.000000315. The van der Waals surface area contributed by atoms with Crippen LogP contribution in [0.25, 0.3) is 0 Å². The van der Waals surface area contributed by atoms with Gasteiger partial charge < -0.3 is 20.3 Å². The Labute approximate surface area is 123 Å². The highest BCUT2D eigenvalue weighted by Gasteiger charge is 2.43. The molecule has 0 bridgehead atoms. The molecule has 120 valence electrons. The summed E-state index contributed by atoms with van der Waals surface area (Å²) in [6.45, 7) is 6.76. The van der Waals surface area contributed by atoms with Crippen LogP contribution in [0.15, 0.2) is 0 Å². The largest absolute Gasteiger partial charge is 0.473 e. The number of carbonyl (C=O) groups excluding carboxylic acids is 1. The van der Waals surface area contributed by atoms with Crippen molar-refractivity contribution < 1.29 is 29.3 Å². The number of esters is 1. The lowest BCUT2D eigenvalue weighted by molar-refractivity contribution is -0.159. The van der Waals surface area contributed by atoms with Gasteiger partial charge in [-0.1, -0.05) is 6.42 Å². The summed E-state index contributed by atoms with van der Waals surface area (Å²) in [6.07, 6.45) is 3.73. The first-order chi connectivity index (χ1) is 9.61. The first-order valence-electron chi connectivity index (χ1n) is 7.04. The van der Waals surface area contributed by atoms with Crippen LogP contribution in [-0.4, -0.2) is 46.3 Å². The van der Waals surface area contributed by atoms with E-state index in [-0.39, 0.29) is 17.6 Å². The summed E-state index contributed by atoms with van der Waals surface area (Å²) < 4.78 is 5.43. The van der Waals surface area contributed by atoms with Gasteiger partial charge in [-0.2, -0.15) is 0 Å². The molecule has 2 rings (SSSR count). The molecule has 1 unspecified atom stereocenters. The van der Waals surface area contributed by atoms with E-state index in [4.69, 9.17) is 24.5 Å². The molecule has 1 aliphatic heterocycles. The molecular weight excluding hydrogens is 278 g/mol. The van der Waals surface area contributed by atoms with E-state index < -0.39 is 11.9 Å². The van der Waals surface area contributed by atoms with Crippen molar-refractivity contribution in [2.75, 3.05) is 6.54 Å². The number of hydrogen-bond donors (Lipinski definition) is 3. The topological polar surface area (TPSA) is 113 Å². The van der Waals surface area contributed by atoms with E-state index in [1.165, 1.54) is 19.3 Å². The lowest BCUT2D eigenvalue weighted by Gasteiger charge is -2.24. The highest BCUT2D eigenvalue weighted by atomic mass is 16.6. The van der Waals surface area contributed by atoms with E-state index in [0.717, 1.165) is 6.54 Å². The number of carboxylic acids is 2. The van der Waals surface area contributed by atoms with Crippen molar-refractivity contribution in [1.29, 1.82) is 0 Å². The number of nitrogens with one attached hydrogen (secondary N) is 1. The quantitative estimate of drug-likeness (QED) is 0.486. The lowest BCUT2D eigenvalue weighted by atomic mass is 9.94. The second-order valence-corrected chi connectivity index (χ2v) is 6.38. The number of fused-ring (bicyclic) bond motifs is 1. The number of carbonyl (C=O) groups is 3. The SMILES string of the molecule is CC(C)(C)OC(=O)C1NC[C@@H]2CCC[C@@H]12.O=C(O)C(=O)O. The summed E-state index contributed by atoms with van der Waals surface area (Å²) in [5.41, 5.74) is -0.366. The lowest BCUT2D eigenvalue weighted by Crippen LogP contribution is -2.40. The fourth-order valence-corrected chi connectivity index (χ4v) is 2.81. The smallest absolute Gasteiger partial charge is 0.414 e. The van der Waals surface area contributed by atoms with Crippen molar-refractivity contribution in [3.8, 4) is 0 Å². The highest BCUT2D eigenvalue weighted by molar-refractivity contribution is 6.27. The van der Waals surface area contributed by atoms with Crippen molar-refractivity contribution >= 4 is 17.9 Å². The standard InChI is InChI=1S/C12H21NO2.C2H2O4/c1-12(2,3)15-11(14)10-9-6-4-5-8(9)7-13-10;3-1(4)2(5)6/h8-10,13H,4-7H2,1-3H3;(H,3,4)(H,5,6)/t8-,9+,10?;/m0./s1. The molecule has 2 aliphatic rings. The molecule has 1 saturated carbocycles. The van der Waals surface area contributed by atoms with E-state index in [9.17, 15) is 4.79 Å². The van der Waals surface area contributed by atoms with Gasteiger partial charge in [-0.25, -0.2) is 9.59 Å². The van der Waals surface area contributed by atoms with Gasteiger partial charge in [0.25, 0.3) is 0 Å². The van der Waals surface area contributed by atoms with Gasteiger partial charge in [0.15, 0.2) is 0 Å². The minimum absolute atomic E-state index is 0.0447. The zero-order valence-corrected chi connectivity index (χ0v) is 12.6. The third-order valence-electron chi connectivity index (χ3n) is 3.59. The summed E-state index contributed by atoms with van der Waals surface area (Å²) in [5.74, 6) is -2.47. The summed E-state index contributed by atoms with van der Waals surface area (Å²) in [5, 5.41) is 18.1. The van der Waals surface area contributed by atoms with E-state index in [1.54, 1.807) is 0 Å². The van der Waals surface area contributed by atoms with Crippen LogP contribution in [-0.2, 0) is 19.1 Å². The fraction of sp³-hybridized carbons (Fsp3) is 0.786. The monoisotopic (exact) mass is 301 g/mol. The van der Waals surface area contributed by atoms with Crippen LogP contribution in [0.2, 0.25) is 0 Å². The molecule has 0 amide bonds. The third kappa shape index (κ3) is 5.34. The van der Waals surface area contributed by atoms with Crippen LogP contribution in [0.1, 0.15) is 40.0 Å². The summed E-state index contributed by atoms with van der Waals surface area (Å²) in [7, 11) is 0. The van der Waals surface area contributed by atoms with Gasteiger partial charge >= 0.3 is 17.9 Å². The van der Waals surface area contributed by atoms with Gasteiger partial charge in [-0.3, -0.25) is 4.79 Å². The Morgan fingerprint density at radius 3 is 2.14 bits per heavy atom. The maximum atomic E-state index is 11.9. The van der Waals surface area contributed by atoms with Gasteiger partial charge in [0.2, 0.25) is 0 Å². The Morgan fingerprint density at radius 1 is 1.10 bits per heavy atom. The fourth-order valence-electron chi connectivity index (χ4n) is 2.81. The van der Waals surface area contributed by atoms with Gasteiger partial charge in [-0.15, -0.1) is 0 Å². The van der Waals surface area contributed by atoms with Crippen LogP contribution in [0.3, 0.4) is 0 Å². The number of hydrogen-bond acceptors (Lipinski definition) is 5. The van der Waals surface area contributed by atoms with Gasteiger partial charge in [-0.05, 0) is 52.0 Å². The van der Waals surface area contributed by atoms with Crippen molar-refractivity contribution in [3.05, 3.63) is 0 Å². The minimum Gasteiger partial charge on any atom is -0.473 e. The summed E-state index contributed by atoms with van der Waals surface area (Å²) >= 11 is 0. The predicted octanol–water partition coefficient (Wildman–Crippen LogP) is 0.872. The molecular formula is C14H23NO6. The molecule has 0 aromatic rings. The normalized spacial score (nSPS) is 27.3. The average molecular weight is 301 g/mol. The molecule has 0 radical (unpaired) electrons. The van der Waals surface area contributed by atoms with Crippen LogP contribution < -0.4 is 5.32 Å². The molecule has 1 aliphatic carbocycles. The Morgan fingerprint density at radius 2 is 1.67 bits per heavy atom. The molecule has 2 fully saturated rings. The molecule has 3 N–H and O–H groups in total. The van der Waals surface area contributed by atoms with Crippen LogP contribution in [0.4, 0.5) is 0 Å². The Hall–Kier alpha value is -1.63. The molecule has 0 spiro atoms. The zero-order valence-electron chi connectivity index (χ0n) is 12.6. The molecule has 21 heavy (non-hydrogen) atoms. The van der Waals surface area contributed by atoms with Crippen molar-refractivity contribution in [3.63, 3.8) is 0 Å². The maximum absolute atomic E-state index is 11.9. The maximum Gasteiger partial charge on any atom is 0.414 e. The zero-order chi connectivity index (χ0) is 16.2.